The van der Waals surface area contributed by atoms with Gasteiger partial charge in [-0.2, -0.15) is 5.10 Å². The second-order valence-corrected chi connectivity index (χ2v) is 9.28. The lowest BCUT2D eigenvalue weighted by Crippen LogP contribution is -2.16. The maximum atomic E-state index is 12.4. The number of fused-ring (bicyclic) bond motifs is 2. The molecule has 0 saturated carbocycles. The van der Waals surface area contributed by atoms with Crippen LogP contribution < -0.4 is 14.9 Å². The third-order valence-corrected chi connectivity index (χ3v) is 6.36. The molecule has 0 aliphatic heterocycles. The van der Waals surface area contributed by atoms with Crippen LogP contribution in [0.1, 0.15) is 21.7 Å². The van der Waals surface area contributed by atoms with Crippen LogP contribution in [0, 0.1) is 0 Å². The van der Waals surface area contributed by atoms with Crippen LogP contribution in [0.25, 0.3) is 21.7 Å². The number of rotatable bonds is 7. The summed E-state index contributed by atoms with van der Waals surface area (Å²) in [4.78, 5) is 12.4. The molecule has 6 nitrogen and oxygen atoms in total. The van der Waals surface area contributed by atoms with Crippen molar-refractivity contribution >= 4 is 61.4 Å². The molecule has 1 heterocycles. The number of hydrogen-bond donors (Lipinski definition) is 1. The molecule has 0 fully saturated rings. The number of nitrogens with one attached hydrogen (secondary N) is 1. The van der Waals surface area contributed by atoms with Crippen LogP contribution in [0.2, 0.25) is 5.02 Å². The molecule has 0 atom stereocenters. The van der Waals surface area contributed by atoms with Crippen molar-refractivity contribution in [2.24, 2.45) is 5.10 Å². The van der Waals surface area contributed by atoms with E-state index in [1.54, 1.807) is 31.4 Å². The first-order valence-corrected chi connectivity index (χ1v) is 12.2. The van der Waals surface area contributed by atoms with Crippen molar-refractivity contribution in [1.82, 2.24) is 5.43 Å². The zero-order valence-electron chi connectivity index (χ0n) is 19.1. The molecule has 0 bridgehead atoms. The van der Waals surface area contributed by atoms with E-state index in [-0.39, 0.29) is 5.76 Å². The highest BCUT2D eigenvalue weighted by atomic mass is 79.9. The number of hydrazone groups is 1. The molecule has 0 unspecified atom stereocenters. The lowest BCUT2D eigenvalue weighted by molar-refractivity contribution is 0.0929. The summed E-state index contributed by atoms with van der Waals surface area (Å²) in [6.45, 7) is 0.328. The van der Waals surface area contributed by atoms with Gasteiger partial charge in [0, 0.05) is 9.86 Å². The van der Waals surface area contributed by atoms with Gasteiger partial charge in [0.2, 0.25) is 0 Å². The Bertz CT molecular complexity index is 1610. The second kappa shape index (κ2) is 10.4. The molecule has 8 heteroatoms. The quantitative estimate of drug-likeness (QED) is 0.166. The lowest BCUT2D eigenvalue weighted by atomic mass is 10.1. The van der Waals surface area contributed by atoms with Gasteiger partial charge in [-0.3, -0.25) is 4.79 Å². The zero-order valence-corrected chi connectivity index (χ0v) is 21.5. The largest absolute Gasteiger partial charge is 0.493 e. The van der Waals surface area contributed by atoms with Crippen molar-refractivity contribution < 1.29 is 18.7 Å². The summed E-state index contributed by atoms with van der Waals surface area (Å²) in [5.74, 6) is 0.583. The Balaban J connectivity index is 1.29. The molecule has 0 aliphatic carbocycles. The molecule has 180 valence electrons. The molecule has 5 rings (SSSR count). The van der Waals surface area contributed by atoms with Gasteiger partial charge >= 0.3 is 5.91 Å². The van der Waals surface area contributed by atoms with E-state index in [0.29, 0.717) is 34.3 Å². The summed E-state index contributed by atoms with van der Waals surface area (Å²) in [6, 6.07) is 24.8. The van der Waals surface area contributed by atoms with E-state index >= 15 is 0 Å². The summed E-state index contributed by atoms with van der Waals surface area (Å²) >= 11 is 9.92. The average molecular weight is 564 g/mol. The van der Waals surface area contributed by atoms with E-state index in [1.807, 2.05) is 36.4 Å². The van der Waals surface area contributed by atoms with Crippen LogP contribution in [0.15, 0.2) is 92.9 Å². The topological polar surface area (TPSA) is 73.1 Å². The van der Waals surface area contributed by atoms with Gasteiger partial charge < -0.3 is 13.9 Å². The first-order chi connectivity index (χ1) is 17.5. The fraction of sp³-hybridized carbons (Fsp3) is 0.0714. The van der Waals surface area contributed by atoms with E-state index in [1.165, 1.54) is 6.21 Å². The molecule has 1 N–H and O–H groups in total. The first-order valence-electron chi connectivity index (χ1n) is 11.0. The van der Waals surface area contributed by atoms with Gasteiger partial charge in [-0.05, 0) is 58.3 Å². The average Bonchev–Trinajstić information content (AvgIpc) is 3.31. The van der Waals surface area contributed by atoms with Crippen molar-refractivity contribution in [3.8, 4) is 11.5 Å². The molecule has 0 spiro atoms. The first kappa shape index (κ1) is 23.9. The number of carbonyl (C=O) groups excluding carboxylic acids is 1. The Morgan fingerprint density at radius 1 is 1.06 bits per heavy atom. The van der Waals surface area contributed by atoms with E-state index < -0.39 is 5.91 Å². The zero-order chi connectivity index (χ0) is 25.1. The summed E-state index contributed by atoms with van der Waals surface area (Å²) in [6.07, 6.45) is 1.47. The fourth-order valence-corrected chi connectivity index (χ4v) is 4.52. The van der Waals surface area contributed by atoms with Crippen LogP contribution in [-0.4, -0.2) is 19.2 Å². The number of furan rings is 1. The van der Waals surface area contributed by atoms with Crippen molar-refractivity contribution in [2.45, 2.75) is 6.61 Å². The van der Waals surface area contributed by atoms with Crippen molar-refractivity contribution in [1.29, 1.82) is 0 Å². The monoisotopic (exact) mass is 562 g/mol. The molecule has 0 saturated heterocycles. The van der Waals surface area contributed by atoms with Crippen LogP contribution in [0.3, 0.4) is 0 Å². The standard InChI is InChI=1S/C28H20BrClN2O4/c1-34-25-12-17(15-31-32-28(33)26-14-20-13-21(29)9-10-24(20)36-26)11-23(30)27(25)35-16-19-7-4-6-18-5-2-3-8-22(18)19/h2-15H,16H2,1H3,(H,32,33)/b31-15+. The Morgan fingerprint density at radius 3 is 2.75 bits per heavy atom. The predicted octanol–water partition coefficient (Wildman–Crippen LogP) is 7.35. The van der Waals surface area contributed by atoms with Crippen LogP contribution >= 0.6 is 27.5 Å². The number of benzene rings is 4. The van der Waals surface area contributed by atoms with Crippen LogP contribution in [0.5, 0.6) is 11.5 Å². The molecule has 0 aliphatic rings. The van der Waals surface area contributed by atoms with Crippen LogP contribution in [-0.2, 0) is 6.61 Å². The number of halogens is 2. The van der Waals surface area contributed by atoms with Gasteiger partial charge in [-0.25, -0.2) is 5.43 Å². The number of hydrogen-bond acceptors (Lipinski definition) is 5. The van der Waals surface area contributed by atoms with E-state index in [2.05, 4.69) is 44.7 Å². The minimum absolute atomic E-state index is 0.160. The molecule has 0 radical (unpaired) electrons. The predicted molar refractivity (Wildman–Crippen MR) is 145 cm³/mol. The second-order valence-electron chi connectivity index (χ2n) is 7.95. The molecule has 36 heavy (non-hydrogen) atoms. The summed E-state index contributed by atoms with van der Waals surface area (Å²) in [5.41, 5.74) is 4.75. The molecular weight excluding hydrogens is 544 g/mol. The van der Waals surface area contributed by atoms with Gasteiger partial charge in [-0.15, -0.1) is 0 Å². The molecular formula is C28H20BrClN2O4. The Morgan fingerprint density at radius 2 is 1.89 bits per heavy atom. The third kappa shape index (κ3) is 5.08. The number of ether oxygens (including phenoxy) is 2. The molecule has 5 aromatic rings. The maximum absolute atomic E-state index is 12.4. The SMILES string of the molecule is COc1cc(/C=N/NC(=O)c2cc3cc(Br)ccc3o2)cc(Cl)c1OCc1cccc2ccccc12. The summed E-state index contributed by atoms with van der Waals surface area (Å²) < 4.78 is 18.0. The Hall–Kier alpha value is -3.81. The van der Waals surface area contributed by atoms with Gasteiger partial charge in [0.25, 0.3) is 0 Å². The number of nitrogens with zero attached hydrogens (tertiary/aromatic N) is 1. The van der Waals surface area contributed by atoms with Gasteiger partial charge in [0.15, 0.2) is 17.3 Å². The fourth-order valence-electron chi connectivity index (χ4n) is 3.87. The molecule has 1 aromatic heterocycles. The Kier molecular flexibility index (Phi) is 6.93. The Labute approximate surface area is 220 Å². The summed E-state index contributed by atoms with van der Waals surface area (Å²) in [5, 5.41) is 7.47. The van der Waals surface area contributed by atoms with Gasteiger partial charge in [0.1, 0.15) is 12.2 Å². The molecule has 4 aromatic carbocycles. The highest BCUT2D eigenvalue weighted by Gasteiger charge is 2.14. The molecule has 1 amide bonds. The summed E-state index contributed by atoms with van der Waals surface area (Å²) in [7, 11) is 1.54. The van der Waals surface area contributed by atoms with Gasteiger partial charge in [0.05, 0.1) is 18.3 Å². The minimum atomic E-state index is -0.466. The van der Waals surface area contributed by atoms with Crippen molar-refractivity contribution in [3.05, 3.63) is 105 Å². The highest BCUT2D eigenvalue weighted by Crippen LogP contribution is 2.37. The van der Waals surface area contributed by atoms with Crippen molar-refractivity contribution in [3.63, 3.8) is 0 Å². The van der Waals surface area contributed by atoms with Crippen LogP contribution in [0.4, 0.5) is 0 Å². The normalized spacial score (nSPS) is 11.3. The van der Waals surface area contributed by atoms with E-state index in [0.717, 1.165) is 26.2 Å². The smallest absolute Gasteiger partial charge is 0.307 e. The number of methoxy groups -OCH3 is 1. The van der Waals surface area contributed by atoms with E-state index in [4.69, 9.17) is 25.5 Å². The number of carbonyl (C=O) groups is 1. The van der Waals surface area contributed by atoms with E-state index in [9.17, 15) is 4.79 Å². The minimum Gasteiger partial charge on any atom is -0.493 e. The number of amides is 1. The highest BCUT2D eigenvalue weighted by molar-refractivity contribution is 9.10. The third-order valence-electron chi connectivity index (χ3n) is 5.59. The van der Waals surface area contributed by atoms with Gasteiger partial charge in [-0.1, -0.05) is 70.0 Å². The maximum Gasteiger partial charge on any atom is 0.307 e. The van der Waals surface area contributed by atoms with Crippen molar-refractivity contribution in [2.75, 3.05) is 7.11 Å². The lowest BCUT2D eigenvalue weighted by Gasteiger charge is -2.14.